The molecule has 1 fully saturated rings. The molecule has 1 saturated carbocycles. The number of carboxylic acids is 1. The Kier molecular flexibility index (Phi) is 1.99. The molecule has 1 aliphatic rings. The minimum Gasteiger partial charge on any atom is -0.476 e. The standard InChI is InChI=1S/C11H13N3O2/c15-11(16)9-6-10-13(4-5-14(10)12-9)7-8-2-1-3-8/h4-6,8H,1-3,7H2,(H,15,16). The molecule has 0 unspecified atom stereocenters. The summed E-state index contributed by atoms with van der Waals surface area (Å²) in [7, 11) is 0. The summed E-state index contributed by atoms with van der Waals surface area (Å²) >= 11 is 0. The van der Waals surface area contributed by atoms with E-state index in [1.54, 1.807) is 16.8 Å². The van der Waals surface area contributed by atoms with Gasteiger partial charge in [-0.2, -0.15) is 5.10 Å². The van der Waals surface area contributed by atoms with Gasteiger partial charge in [0.2, 0.25) is 0 Å². The van der Waals surface area contributed by atoms with Crippen molar-refractivity contribution in [2.45, 2.75) is 25.8 Å². The number of imidazole rings is 1. The molecule has 0 bridgehead atoms. The molecule has 84 valence electrons. The number of hydrogen-bond donors (Lipinski definition) is 1. The van der Waals surface area contributed by atoms with Crippen LogP contribution in [0.15, 0.2) is 18.5 Å². The fraction of sp³-hybridized carbons (Fsp3) is 0.455. The van der Waals surface area contributed by atoms with Gasteiger partial charge >= 0.3 is 5.97 Å². The second kappa shape index (κ2) is 3.37. The zero-order valence-corrected chi connectivity index (χ0v) is 8.83. The SMILES string of the molecule is O=C(O)c1cc2n(CC3CCC3)ccn2n1. The maximum atomic E-state index is 10.8. The Morgan fingerprint density at radius 2 is 2.31 bits per heavy atom. The molecule has 1 N–H and O–H groups in total. The fourth-order valence-corrected chi connectivity index (χ4v) is 2.14. The van der Waals surface area contributed by atoms with Crippen LogP contribution in [0.3, 0.4) is 0 Å². The lowest BCUT2D eigenvalue weighted by Gasteiger charge is -2.25. The van der Waals surface area contributed by atoms with Crippen molar-refractivity contribution in [3.8, 4) is 0 Å². The van der Waals surface area contributed by atoms with Crippen LogP contribution in [0, 0.1) is 5.92 Å². The maximum Gasteiger partial charge on any atom is 0.356 e. The number of carboxylic acid groups (broad SMARTS) is 1. The van der Waals surface area contributed by atoms with Gasteiger partial charge in [0.05, 0.1) is 0 Å². The summed E-state index contributed by atoms with van der Waals surface area (Å²) in [6, 6.07) is 1.63. The first-order chi connectivity index (χ1) is 7.74. The lowest BCUT2D eigenvalue weighted by atomic mass is 9.85. The van der Waals surface area contributed by atoms with Gasteiger partial charge in [0.25, 0.3) is 0 Å². The summed E-state index contributed by atoms with van der Waals surface area (Å²) in [4.78, 5) is 10.8. The predicted octanol–water partition coefficient (Wildman–Crippen LogP) is 1.63. The third kappa shape index (κ3) is 1.39. The number of fused-ring (bicyclic) bond motifs is 1. The van der Waals surface area contributed by atoms with Crippen LogP contribution in [0.25, 0.3) is 5.65 Å². The van der Waals surface area contributed by atoms with Crippen LogP contribution in [0.4, 0.5) is 0 Å². The molecule has 3 rings (SSSR count). The normalized spacial score (nSPS) is 16.5. The van der Waals surface area contributed by atoms with Crippen LogP contribution in [-0.4, -0.2) is 25.3 Å². The average molecular weight is 219 g/mol. The minimum atomic E-state index is -0.973. The van der Waals surface area contributed by atoms with Gasteiger partial charge < -0.3 is 9.67 Å². The van der Waals surface area contributed by atoms with E-state index < -0.39 is 5.97 Å². The van der Waals surface area contributed by atoms with Crippen LogP contribution in [0.2, 0.25) is 0 Å². The molecular weight excluding hydrogens is 206 g/mol. The third-order valence-corrected chi connectivity index (χ3v) is 3.30. The molecule has 2 heterocycles. The van der Waals surface area contributed by atoms with Crippen LogP contribution in [-0.2, 0) is 6.54 Å². The molecule has 0 spiro atoms. The summed E-state index contributed by atoms with van der Waals surface area (Å²) < 4.78 is 3.71. The summed E-state index contributed by atoms with van der Waals surface area (Å²) in [5, 5.41) is 12.8. The molecular formula is C11H13N3O2. The van der Waals surface area contributed by atoms with Crippen molar-refractivity contribution in [3.05, 3.63) is 24.2 Å². The predicted molar refractivity (Wildman–Crippen MR) is 57.5 cm³/mol. The van der Waals surface area contributed by atoms with E-state index in [-0.39, 0.29) is 5.69 Å². The molecule has 0 atom stereocenters. The van der Waals surface area contributed by atoms with Gasteiger partial charge in [0.15, 0.2) is 5.69 Å². The van der Waals surface area contributed by atoms with E-state index in [2.05, 4.69) is 9.67 Å². The van der Waals surface area contributed by atoms with E-state index in [0.29, 0.717) is 0 Å². The summed E-state index contributed by atoms with van der Waals surface area (Å²) in [6.07, 6.45) is 7.66. The van der Waals surface area contributed by atoms with Gasteiger partial charge in [-0.1, -0.05) is 6.42 Å². The first kappa shape index (κ1) is 9.45. The number of aromatic nitrogens is 3. The van der Waals surface area contributed by atoms with Gasteiger partial charge in [0, 0.05) is 25.0 Å². The van der Waals surface area contributed by atoms with E-state index >= 15 is 0 Å². The lowest BCUT2D eigenvalue weighted by molar-refractivity contribution is 0.0690. The lowest BCUT2D eigenvalue weighted by Crippen LogP contribution is -2.17. The molecule has 2 aromatic rings. The molecule has 5 heteroatoms. The van der Waals surface area contributed by atoms with Crippen molar-refractivity contribution in [1.29, 1.82) is 0 Å². The van der Waals surface area contributed by atoms with Gasteiger partial charge in [-0.25, -0.2) is 9.31 Å². The molecule has 0 saturated heterocycles. The van der Waals surface area contributed by atoms with Crippen molar-refractivity contribution in [1.82, 2.24) is 14.2 Å². The maximum absolute atomic E-state index is 10.8. The third-order valence-electron chi connectivity index (χ3n) is 3.30. The highest BCUT2D eigenvalue weighted by molar-refractivity contribution is 5.86. The quantitative estimate of drug-likeness (QED) is 0.853. The van der Waals surface area contributed by atoms with E-state index in [9.17, 15) is 4.79 Å². The highest BCUT2D eigenvalue weighted by atomic mass is 16.4. The Labute approximate surface area is 92.3 Å². The highest BCUT2D eigenvalue weighted by Crippen LogP contribution is 2.28. The summed E-state index contributed by atoms with van der Waals surface area (Å²) in [5.41, 5.74) is 0.974. The second-order valence-electron chi connectivity index (χ2n) is 4.38. The Bertz CT molecular complexity index is 536. The molecule has 2 aromatic heterocycles. The van der Waals surface area contributed by atoms with Crippen molar-refractivity contribution >= 4 is 11.6 Å². The molecule has 0 aliphatic heterocycles. The fourth-order valence-electron chi connectivity index (χ4n) is 2.14. The minimum absolute atomic E-state index is 0.109. The smallest absolute Gasteiger partial charge is 0.356 e. The first-order valence-electron chi connectivity index (χ1n) is 5.52. The number of carbonyl (C=O) groups is 1. The van der Waals surface area contributed by atoms with Crippen LogP contribution < -0.4 is 0 Å². The Morgan fingerprint density at radius 3 is 2.94 bits per heavy atom. The second-order valence-corrected chi connectivity index (χ2v) is 4.38. The van der Waals surface area contributed by atoms with Gasteiger partial charge in [-0.05, 0) is 18.8 Å². The van der Waals surface area contributed by atoms with E-state index in [4.69, 9.17) is 5.11 Å². The van der Waals surface area contributed by atoms with E-state index in [1.807, 2.05) is 6.20 Å². The van der Waals surface area contributed by atoms with Crippen molar-refractivity contribution in [2.75, 3.05) is 0 Å². The van der Waals surface area contributed by atoms with Gasteiger partial charge in [0.1, 0.15) is 5.65 Å². The number of hydrogen-bond acceptors (Lipinski definition) is 2. The van der Waals surface area contributed by atoms with Crippen LogP contribution in [0.1, 0.15) is 29.8 Å². The average Bonchev–Trinajstić information content (AvgIpc) is 2.70. The summed E-state index contributed by atoms with van der Waals surface area (Å²) in [5.74, 6) is -0.224. The Hall–Kier alpha value is -1.78. The van der Waals surface area contributed by atoms with Crippen molar-refractivity contribution in [2.24, 2.45) is 5.92 Å². The summed E-state index contributed by atoms with van der Waals surface area (Å²) in [6.45, 7) is 0.973. The number of nitrogens with zero attached hydrogens (tertiary/aromatic N) is 3. The number of aromatic carboxylic acids is 1. The number of rotatable bonds is 3. The Morgan fingerprint density at radius 1 is 1.50 bits per heavy atom. The zero-order chi connectivity index (χ0) is 11.1. The van der Waals surface area contributed by atoms with Crippen molar-refractivity contribution in [3.63, 3.8) is 0 Å². The highest BCUT2D eigenvalue weighted by Gasteiger charge is 2.19. The molecule has 1 aliphatic carbocycles. The molecule has 0 amide bonds. The molecule has 16 heavy (non-hydrogen) atoms. The van der Waals surface area contributed by atoms with E-state index in [0.717, 1.165) is 18.1 Å². The van der Waals surface area contributed by atoms with Crippen molar-refractivity contribution < 1.29 is 9.90 Å². The van der Waals surface area contributed by atoms with Gasteiger partial charge in [-0.3, -0.25) is 0 Å². The zero-order valence-electron chi connectivity index (χ0n) is 8.83. The molecule has 0 radical (unpaired) electrons. The monoisotopic (exact) mass is 219 g/mol. The molecule has 5 nitrogen and oxygen atoms in total. The topological polar surface area (TPSA) is 59.5 Å². The largest absolute Gasteiger partial charge is 0.476 e. The van der Waals surface area contributed by atoms with Crippen LogP contribution >= 0.6 is 0 Å². The first-order valence-corrected chi connectivity index (χ1v) is 5.52. The van der Waals surface area contributed by atoms with Crippen LogP contribution in [0.5, 0.6) is 0 Å². The molecule has 0 aromatic carbocycles. The Balaban J connectivity index is 1.94. The van der Waals surface area contributed by atoms with Gasteiger partial charge in [-0.15, -0.1) is 0 Å². The van der Waals surface area contributed by atoms with E-state index in [1.165, 1.54) is 19.3 Å².